The van der Waals surface area contributed by atoms with Gasteiger partial charge in [-0.2, -0.15) is 0 Å². The third-order valence-electron chi connectivity index (χ3n) is 3.60. The summed E-state index contributed by atoms with van der Waals surface area (Å²) in [7, 11) is 1.66. The number of halogens is 1. The molecule has 2 atom stereocenters. The van der Waals surface area contributed by atoms with Crippen molar-refractivity contribution >= 4 is 23.6 Å². The Morgan fingerprint density at radius 3 is 2.52 bits per heavy atom. The summed E-state index contributed by atoms with van der Waals surface area (Å²) < 4.78 is 0. The normalized spacial score (nSPS) is 13.3. The highest BCUT2D eigenvalue weighted by Crippen LogP contribution is 2.26. The van der Waals surface area contributed by atoms with Crippen LogP contribution < -0.4 is 5.32 Å². The van der Waals surface area contributed by atoms with Gasteiger partial charge in [0.25, 0.3) is 0 Å². The molecule has 0 aliphatic carbocycles. The minimum atomic E-state index is -0.903. The van der Waals surface area contributed by atoms with E-state index in [9.17, 15) is 9.59 Å². The SMILES string of the molecule is CCC(CNC(=O)N(C)C(C)c1ccccc1Cl)C(=O)O. The fourth-order valence-corrected chi connectivity index (χ4v) is 2.23. The molecular weight excluding hydrogens is 292 g/mol. The second kappa shape index (κ2) is 7.88. The fourth-order valence-electron chi connectivity index (χ4n) is 1.94. The predicted molar refractivity (Wildman–Crippen MR) is 82.4 cm³/mol. The highest BCUT2D eigenvalue weighted by molar-refractivity contribution is 6.31. The number of hydrogen-bond donors (Lipinski definition) is 2. The minimum absolute atomic E-state index is 0.115. The van der Waals surface area contributed by atoms with Crippen molar-refractivity contribution in [2.45, 2.75) is 26.3 Å². The zero-order valence-electron chi connectivity index (χ0n) is 12.5. The molecule has 116 valence electrons. The van der Waals surface area contributed by atoms with Gasteiger partial charge in [-0.05, 0) is 25.0 Å². The number of carbonyl (C=O) groups is 2. The quantitative estimate of drug-likeness (QED) is 0.847. The molecule has 0 spiro atoms. The molecule has 0 aliphatic heterocycles. The average molecular weight is 313 g/mol. The summed E-state index contributed by atoms with van der Waals surface area (Å²) in [6, 6.07) is 6.81. The lowest BCUT2D eigenvalue weighted by atomic mass is 10.1. The number of carbonyl (C=O) groups excluding carboxylic acids is 1. The Morgan fingerprint density at radius 2 is 2.00 bits per heavy atom. The van der Waals surface area contributed by atoms with Crippen molar-refractivity contribution in [1.82, 2.24) is 10.2 Å². The van der Waals surface area contributed by atoms with Gasteiger partial charge in [0.1, 0.15) is 0 Å². The first-order valence-electron chi connectivity index (χ1n) is 6.86. The summed E-state index contributed by atoms with van der Waals surface area (Å²) in [6.45, 7) is 3.76. The molecule has 0 radical (unpaired) electrons. The van der Waals surface area contributed by atoms with Crippen LogP contribution in [0.15, 0.2) is 24.3 Å². The van der Waals surface area contributed by atoms with Crippen molar-refractivity contribution in [3.05, 3.63) is 34.9 Å². The first-order valence-corrected chi connectivity index (χ1v) is 7.24. The maximum atomic E-state index is 12.1. The lowest BCUT2D eigenvalue weighted by Crippen LogP contribution is -2.42. The Balaban J connectivity index is 2.66. The summed E-state index contributed by atoms with van der Waals surface area (Å²) in [5.41, 5.74) is 0.849. The summed E-state index contributed by atoms with van der Waals surface area (Å²) in [5, 5.41) is 12.2. The molecule has 0 fully saturated rings. The zero-order chi connectivity index (χ0) is 16.0. The molecule has 0 bridgehead atoms. The van der Waals surface area contributed by atoms with Gasteiger partial charge in [-0.1, -0.05) is 36.7 Å². The van der Waals surface area contributed by atoms with Crippen molar-refractivity contribution in [2.75, 3.05) is 13.6 Å². The van der Waals surface area contributed by atoms with Crippen molar-refractivity contribution in [3.8, 4) is 0 Å². The van der Waals surface area contributed by atoms with Gasteiger partial charge in [0.15, 0.2) is 0 Å². The van der Waals surface area contributed by atoms with E-state index < -0.39 is 11.9 Å². The Kier molecular flexibility index (Phi) is 6.49. The molecule has 1 aromatic carbocycles. The van der Waals surface area contributed by atoms with Crippen LogP contribution in [0.3, 0.4) is 0 Å². The maximum Gasteiger partial charge on any atom is 0.317 e. The van der Waals surface area contributed by atoms with Gasteiger partial charge < -0.3 is 15.3 Å². The largest absolute Gasteiger partial charge is 0.481 e. The second-order valence-electron chi connectivity index (χ2n) is 4.94. The van der Waals surface area contributed by atoms with Crippen LogP contribution in [0, 0.1) is 5.92 Å². The van der Waals surface area contributed by atoms with Crippen molar-refractivity contribution in [2.24, 2.45) is 5.92 Å². The highest BCUT2D eigenvalue weighted by atomic mass is 35.5. The molecule has 6 heteroatoms. The van der Waals surface area contributed by atoms with E-state index in [-0.39, 0.29) is 18.6 Å². The van der Waals surface area contributed by atoms with E-state index in [1.807, 2.05) is 25.1 Å². The third-order valence-corrected chi connectivity index (χ3v) is 3.94. The average Bonchev–Trinajstić information content (AvgIpc) is 2.46. The molecule has 0 heterocycles. The van der Waals surface area contributed by atoms with Crippen LogP contribution in [0.2, 0.25) is 5.02 Å². The van der Waals surface area contributed by atoms with E-state index in [1.165, 1.54) is 4.90 Å². The molecule has 2 unspecified atom stereocenters. The number of carboxylic acid groups (broad SMARTS) is 1. The van der Waals surface area contributed by atoms with Crippen LogP contribution in [-0.2, 0) is 4.79 Å². The first kappa shape index (κ1) is 17.3. The van der Waals surface area contributed by atoms with Crippen LogP contribution in [0.5, 0.6) is 0 Å². The molecule has 0 saturated heterocycles. The standard InChI is InChI=1S/C15H21ClN2O3/c1-4-11(14(19)20)9-17-15(21)18(3)10(2)12-7-5-6-8-13(12)16/h5-8,10-11H,4,9H2,1-3H3,(H,17,21)(H,19,20). The van der Waals surface area contributed by atoms with E-state index >= 15 is 0 Å². The van der Waals surface area contributed by atoms with E-state index in [2.05, 4.69) is 5.32 Å². The predicted octanol–water partition coefficient (Wildman–Crippen LogP) is 3.15. The van der Waals surface area contributed by atoms with E-state index in [1.54, 1.807) is 20.0 Å². The third kappa shape index (κ3) is 4.63. The molecular formula is C15H21ClN2O3. The molecule has 5 nitrogen and oxygen atoms in total. The number of carboxylic acids is 1. The molecule has 2 amide bonds. The number of nitrogens with zero attached hydrogens (tertiary/aromatic N) is 1. The Hall–Kier alpha value is -1.75. The molecule has 0 aliphatic rings. The Bertz CT molecular complexity index is 507. The van der Waals surface area contributed by atoms with Gasteiger partial charge in [0.2, 0.25) is 0 Å². The molecule has 0 aromatic heterocycles. The van der Waals surface area contributed by atoms with E-state index in [0.29, 0.717) is 11.4 Å². The van der Waals surface area contributed by atoms with Crippen LogP contribution in [-0.4, -0.2) is 35.6 Å². The van der Waals surface area contributed by atoms with Crippen LogP contribution in [0.25, 0.3) is 0 Å². The van der Waals surface area contributed by atoms with Crippen LogP contribution >= 0.6 is 11.6 Å². The van der Waals surface area contributed by atoms with Crippen LogP contribution in [0.4, 0.5) is 4.79 Å². The number of urea groups is 1. The number of benzene rings is 1. The fraction of sp³-hybridized carbons (Fsp3) is 0.467. The molecule has 1 aromatic rings. The first-order chi connectivity index (χ1) is 9.88. The minimum Gasteiger partial charge on any atom is -0.481 e. The zero-order valence-corrected chi connectivity index (χ0v) is 13.2. The number of rotatable bonds is 6. The van der Waals surface area contributed by atoms with Crippen molar-refractivity contribution in [1.29, 1.82) is 0 Å². The van der Waals surface area contributed by atoms with Gasteiger partial charge >= 0.3 is 12.0 Å². The monoisotopic (exact) mass is 312 g/mol. The molecule has 1 rings (SSSR count). The lowest BCUT2D eigenvalue weighted by Gasteiger charge is -2.26. The summed E-state index contributed by atoms with van der Waals surface area (Å²) >= 11 is 6.12. The molecule has 21 heavy (non-hydrogen) atoms. The van der Waals surface area contributed by atoms with Gasteiger partial charge in [0.05, 0.1) is 12.0 Å². The van der Waals surface area contributed by atoms with E-state index in [0.717, 1.165) is 5.56 Å². The van der Waals surface area contributed by atoms with Gasteiger partial charge in [0, 0.05) is 18.6 Å². The second-order valence-corrected chi connectivity index (χ2v) is 5.35. The maximum absolute atomic E-state index is 12.1. The van der Waals surface area contributed by atoms with Crippen LogP contribution in [0.1, 0.15) is 31.9 Å². The number of nitrogens with one attached hydrogen (secondary N) is 1. The summed E-state index contributed by atoms with van der Waals surface area (Å²) in [5.74, 6) is -1.47. The topological polar surface area (TPSA) is 69.6 Å². The Labute approximate surface area is 129 Å². The highest BCUT2D eigenvalue weighted by Gasteiger charge is 2.21. The van der Waals surface area contributed by atoms with Crippen molar-refractivity contribution in [3.63, 3.8) is 0 Å². The lowest BCUT2D eigenvalue weighted by molar-refractivity contribution is -0.141. The van der Waals surface area contributed by atoms with Gasteiger partial charge in [-0.25, -0.2) is 4.79 Å². The van der Waals surface area contributed by atoms with Crippen molar-refractivity contribution < 1.29 is 14.7 Å². The van der Waals surface area contributed by atoms with Gasteiger partial charge in [-0.3, -0.25) is 4.79 Å². The molecule has 2 N–H and O–H groups in total. The number of amides is 2. The smallest absolute Gasteiger partial charge is 0.317 e. The number of aliphatic carboxylic acids is 1. The Morgan fingerprint density at radius 1 is 1.38 bits per heavy atom. The number of hydrogen-bond acceptors (Lipinski definition) is 2. The summed E-state index contributed by atoms with van der Waals surface area (Å²) in [4.78, 5) is 24.5. The van der Waals surface area contributed by atoms with Gasteiger partial charge in [-0.15, -0.1) is 0 Å². The van der Waals surface area contributed by atoms with E-state index in [4.69, 9.17) is 16.7 Å². The molecule has 0 saturated carbocycles. The summed E-state index contributed by atoms with van der Waals surface area (Å²) in [6.07, 6.45) is 0.472.